The van der Waals surface area contributed by atoms with Gasteiger partial charge >= 0.3 is 0 Å². The quantitative estimate of drug-likeness (QED) is 0.797. The standard InChI is InChI=1S/C20H28N2O3/c1-4-7-14-8-10-15(11-9-14)20-16(12-21-18(24)5-2)22(17(20)13-23)19(25)6-3/h4,7-11,16-17,20,23H,5-6,12-13H2,1-3H3,(H,21,24)/b7-4+/t16-,17-,20+/m1/s1. The third-order valence-corrected chi connectivity index (χ3v) is 4.83. The number of carbonyl (C=O) groups is 2. The highest BCUT2D eigenvalue weighted by molar-refractivity contribution is 5.79. The lowest BCUT2D eigenvalue weighted by Gasteiger charge is -2.55. The number of likely N-dealkylation sites (tertiary alicyclic amines) is 1. The summed E-state index contributed by atoms with van der Waals surface area (Å²) in [5, 5.41) is 12.7. The van der Waals surface area contributed by atoms with Crippen LogP contribution in [-0.4, -0.2) is 47.1 Å². The van der Waals surface area contributed by atoms with Crippen molar-refractivity contribution in [1.29, 1.82) is 0 Å². The molecule has 0 radical (unpaired) electrons. The Kier molecular flexibility index (Phi) is 6.76. The summed E-state index contributed by atoms with van der Waals surface area (Å²) in [5.74, 6) is 0.00687. The van der Waals surface area contributed by atoms with E-state index in [9.17, 15) is 14.7 Å². The van der Waals surface area contributed by atoms with Crippen molar-refractivity contribution in [3.63, 3.8) is 0 Å². The number of allylic oxidation sites excluding steroid dienone is 1. The molecule has 0 bridgehead atoms. The van der Waals surface area contributed by atoms with E-state index in [4.69, 9.17) is 0 Å². The van der Waals surface area contributed by atoms with Gasteiger partial charge in [0.05, 0.1) is 18.7 Å². The molecule has 5 heteroatoms. The highest BCUT2D eigenvalue weighted by atomic mass is 16.3. The predicted octanol–water partition coefficient (Wildman–Crippen LogP) is 2.31. The molecule has 0 spiro atoms. The molecule has 1 aromatic carbocycles. The maximum absolute atomic E-state index is 12.3. The molecule has 2 amide bonds. The van der Waals surface area contributed by atoms with Gasteiger partial charge in [-0.05, 0) is 18.1 Å². The lowest BCUT2D eigenvalue weighted by molar-refractivity contribution is -0.150. The van der Waals surface area contributed by atoms with E-state index in [-0.39, 0.29) is 36.4 Å². The maximum Gasteiger partial charge on any atom is 0.222 e. The molecule has 0 saturated carbocycles. The van der Waals surface area contributed by atoms with Crippen molar-refractivity contribution in [2.75, 3.05) is 13.2 Å². The van der Waals surface area contributed by atoms with Gasteiger partial charge in [0.1, 0.15) is 0 Å². The second-order valence-electron chi connectivity index (χ2n) is 6.32. The van der Waals surface area contributed by atoms with Gasteiger partial charge in [0.25, 0.3) is 0 Å². The molecule has 25 heavy (non-hydrogen) atoms. The lowest BCUT2D eigenvalue weighted by Crippen LogP contribution is -2.68. The molecule has 5 nitrogen and oxygen atoms in total. The van der Waals surface area contributed by atoms with E-state index in [1.54, 1.807) is 11.8 Å². The van der Waals surface area contributed by atoms with Crippen LogP contribution in [0.1, 0.15) is 50.7 Å². The number of carbonyl (C=O) groups excluding carboxylic acids is 2. The summed E-state index contributed by atoms with van der Waals surface area (Å²) >= 11 is 0. The van der Waals surface area contributed by atoms with Crippen LogP contribution in [0.25, 0.3) is 6.08 Å². The highest BCUT2D eigenvalue weighted by Gasteiger charge is 2.50. The van der Waals surface area contributed by atoms with Crippen molar-refractivity contribution >= 4 is 17.9 Å². The number of amides is 2. The third-order valence-electron chi connectivity index (χ3n) is 4.83. The van der Waals surface area contributed by atoms with Crippen LogP contribution in [0.3, 0.4) is 0 Å². The van der Waals surface area contributed by atoms with E-state index >= 15 is 0 Å². The number of benzene rings is 1. The maximum atomic E-state index is 12.3. The van der Waals surface area contributed by atoms with Crippen LogP contribution in [-0.2, 0) is 9.59 Å². The zero-order chi connectivity index (χ0) is 18.4. The van der Waals surface area contributed by atoms with Gasteiger partial charge in [0.2, 0.25) is 11.8 Å². The molecular formula is C20H28N2O3. The summed E-state index contributed by atoms with van der Waals surface area (Å²) in [6.45, 7) is 5.93. The first-order valence-electron chi connectivity index (χ1n) is 8.98. The van der Waals surface area contributed by atoms with E-state index in [0.717, 1.165) is 11.1 Å². The van der Waals surface area contributed by atoms with Gasteiger partial charge in [0, 0.05) is 25.3 Å². The summed E-state index contributed by atoms with van der Waals surface area (Å²) in [4.78, 5) is 25.7. The number of aliphatic hydroxyl groups is 1. The molecule has 1 aromatic rings. The molecule has 2 N–H and O–H groups in total. The van der Waals surface area contributed by atoms with Crippen molar-refractivity contribution in [2.45, 2.75) is 51.6 Å². The SMILES string of the molecule is C/C=C/c1ccc([C@@H]2[C@@H](CO)N(C(=O)CC)[C@@H]2CNC(=O)CC)cc1. The van der Waals surface area contributed by atoms with E-state index < -0.39 is 0 Å². The molecule has 0 unspecified atom stereocenters. The summed E-state index contributed by atoms with van der Waals surface area (Å²) < 4.78 is 0. The molecule has 1 aliphatic rings. The lowest BCUT2D eigenvalue weighted by atomic mass is 9.74. The Bertz CT molecular complexity index is 624. The minimum atomic E-state index is -0.233. The van der Waals surface area contributed by atoms with E-state index in [0.29, 0.717) is 19.4 Å². The van der Waals surface area contributed by atoms with Gasteiger partial charge in [-0.3, -0.25) is 9.59 Å². The number of hydrogen-bond donors (Lipinski definition) is 2. The first-order valence-corrected chi connectivity index (χ1v) is 8.98. The van der Waals surface area contributed by atoms with Gasteiger partial charge in [-0.15, -0.1) is 0 Å². The topological polar surface area (TPSA) is 69.6 Å². The first-order chi connectivity index (χ1) is 12.1. The molecular weight excluding hydrogens is 316 g/mol. The van der Waals surface area contributed by atoms with E-state index in [1.807, 2.05) is 50.3 Å². The van der Waals surface area contributed by atoms with E-state index in [1.165, 1.54) is 0 Å². The van der Waals surface area contributed by atoms with Crippen molar-refractivity contribution in [1.82, 2.24) is 10.2 Å². The number of nitrogens with zero attached hydrogens (tertiary/aromatic N) is 1. The molecule has 1 fully saturated rings. The Labute approximate surface area is 149 Å². The van der Waals surface area contributed by atoms with Gasteiger partial charge < -0.3 is 15.3 Å². The van der Waals surface area contributed by atoms with Gasteiger partial charge in [-0.25, -0.2) is 0 Å². The Morgan fingerprint density at radius 3 is 2.36 bits per heavy atom. The molecule has 1 aliphatic heterocycles. The average molecular weight is 344 g/mol. The smallest absolute Gasteiger partial charge is 0.222 e. The molecule has 3 atom stereocenters. The van der Waals surface area contributed by atoms with E-state index in [2.05, 4.69) is 5.32 Å². The average Bonchev–Trinajstić information content (AvgIpc) is 2.62. The Balaban J connectivity index is 2.24. The zero-order valence-corrected chi connectivity index (χ0v) is 15.2. The van der Waals surface area contributed by atoms with Crippen LogP contribution in [0.2, 0.25) is 0 Å². The zero-order valence-electron chi connectivity index (χ0n) is 15.2. The molecule has 1 heterocycles. The molecule has 136 valence electrons. The van der Waals surface area contributed by atoms with Crippen LogP contribution >= 0.6 is 0 Å². The largest absolute Gasteiger partial charge is 0.394 e. The summed E-state index contributed by atoms with van der Waals surface area (Å²) in [6.07, 6.45) is 4.82. The normalized spacial score (nSPS) is 22.7. The Morgan fingerprint density at radius 2 is 1.84 bits per heavy atom. The van der Waals surface area contributed by atoms with Crippen molar-refractivity contribution in [2.24, 2.45) is 0 Å². The van der Waals surface area contributed by atoms with Crippen LogP contribution in [0.5, 0.6) is 0 Å². The van der Waals surface area contributed by atoms with Crippen molar-refractivity contribution < 1.29 is 14.7 Å². The van der Waals surface area contributed by atoms with Gasteiger partial charge in [-0.2, -0.15) is 0 Å². The minimum absolute atomic E-state index is 0.0107. The fourth-order valence-electron chi connectivity index (χ4n) is 3.54. The highest BCUT2D eigenvalue weighted by Crippen LogP contribution is 2.40. The second kappa shape index (κ2) is 8.81. The first kappa shape index (κ1) is 19.2. The van der Waals surface area contributed by atoms with Crippen LogP contribution in [0, 0.1) is 0 Å². The Morgan fingerprint density at radius 1 is 1.16 bits per heavy atom. The second-order valence-corrected chi connectivity index (χ2v) is 6.32. The number of rotatable bonds is 7. The fourth-order valence-corrected chi connectivity index (χ4v) is 3.54. The number of hydrogen-bond acceptors (Lipinski definition) is 3. The van der Waals surface area contributed by atoms with Crippen LogP contribution in [0.15, 0.2) is 30.3 Å². The summed E-state index contributed by atoms with van der Waals surface area (Å²) in [5.41, 5.74) is 2.20. The van der Waals surface area contributed by atoms with Gasteiger partial charge in [-0.1, -0.05) is 50.3 Å². The third kappa shape index (κ3) is 4.10. The number of nitrogens with one attached hydrogen (secondary N) is 1. The summed E-state index contributed by atoms with van der Waals surface area (Å²) in [7, 11) is 0. The molecule has 0 aliphatic carbocycles. The minimum Gasteiger partial charge on any atom is -0.394 e. The molecule has 0 aromatic heterocycles. The van der Waals surface area contributed by atoms with Gasteiger partial charge in [0.15, 0.2) is 0 Å². The van der Waals surface area contributed by atoms with Crippen molar-refractivity contribution in [3.8, 4) is 0 Å². The monoisotopic (exact) mass is 344 g/mol. The van der Waals surface area contributed by atoms with Crippen LogP contribution < -0.4 is 5.32 Å². The van der Waals surface area contributed by atoms with Crippen LogP contribution in [0.4, 0.5) is 0 Å². The number of aliphatic hydroxyl groups excluding tert-OH is 1. The molecule has 1 saturated heterocycles. The molecule has 2 rings (SSSR count). The predicted molar refractivity (Wildman–Crippen MR) is 99.0 cm³/mol. The Hall–Kier alpha value is -2.14. The fraction of sp³-hybridized carbons (Fsp3) is 0.500. The van der Waals surface area contributed by atoms with Crippen molar-refractivity contribution in [3.05, 3.63) is 41.5 Å². The summed E-state index contributed by atoms with van der Waals surface area (Å²) in [6, 6.07) is 7.82.